The number of hydrogen-bond acceptors (Lipinski definition) is 5. The summed E-state index contributed by atoms with van der Waals surface area (Å²) in [6.45, 7) is 0. The lowest BCUT2D eigenvalue weighted by molar-refractivity contribution is -0.124. The third kappa shape index (κ3) is 6.63. The second kappa shape index (κ2) is 10.2. The number of amides is 2. The van der Waals surface area contributed by atoms with Crippen molar-refractivity contribution in [1.82, 2.24) is 5.43 Å². The van der Waals surface area contributed by atoms with E-state index >= 15 is 0 Å². The second-order valence-electron chi connectivity index (χ2n) is 5.46. The predicted molar refractivity (Wildman–Crippen MR) is 105 cm³/mol. The highest BCUT2D eigenvalue weighted by Crippen LogP contribution is 2.20. The number of rotatable bonds is 8. The Labute approximate surface area is 162 Å². The van der Waals surface area contributed by atoms with Crippen LogP contribution in [-0.2, 0) is 9.59 Å². The number of halogens is 1. The molecular formula is C19H20ClN3O4. The van der Waals surface area contributed by atoms with Crippen LogP contribution in [0.25, 0.3) is 0 Å². The van der Waals surface area contributed by atoms with Gasteiger partial charge in [0.25, 0.3) is 0 Å². The number of carbonyl (C=O) groups is 2. The van der Waals surface area contributed by atoms with Gasteiger partial charge < -0.3 is 14.8 Å². The van der Waals surface area contributed by atoms with Gasteiger partial charge in [-0.1, -0.05) is 11.6 Å². The van der Waals surface area contributed by atoms with E-state index < -0.39 is 0 Å². The Morgan fingerprint density at radius 3 is 2.41 bits per heavy atom. The first-order chi connectivity index (χ1) is 13.0. The van der Waals surface area contributed by atoms with Crippen molar-refractivity contribution in [3.05, 3.63) is 53.1 Å². The monoisotopic (exact) mass is 389 g/mol. The molecule has 2 aromatic rings. The molecule has 8 heteroatoms. The molecule has 2 rings (SSSR count). The molecule has 0 aliphatic heterocycles. The number of hydrogen-bond donors (Lipinski definition) is 2. The molecule has 0 unspecified atom stereocenters. The molecule has 2 N–H and O–H groups in total. The van der Waals surface area contributed by atoms with E-state index in [0.29, 0.717) is 27.8 Å². The lowest BCUT2D eigenvalue weighted by Gasteiger charge is -2.06. The van der Waals surface area contributed by atoms with Crippen molar-refractivity contribution in [1.29, 1.82) is 0 Å². The molecule has 2 aromatic carbocycles. The van der Waals surface area contributed by atoms with Gasteiger partial charge in [-0.25, -0.2) is 5.43 Å². The van der Waals surface area contributed by atoms with Gasteiger partial charge in [0, 0.05) is 29.1 Å². The average Bonchev–Trinajstić information content (AvgIpc) is 2.67. The minimum Gasteiger partial charge on any atom is -0.497 e. The highest BCUT2D eigenvalue weighted by molar-refractivity contribution is 6.30. The molecule has 7 nitrogen and oxygen atoms in total. The average molecular weight is 390 g/mol. The predicted octanol–water partition coefficient (Wildman–Crippen LogP) is 3.23. The Morgan fingerprint density at radius 2 is 1.74 bits per heavy atom. The first-order valence-electron chi connectivity index (χ1n) is 8.11. The van der Waals surface area contributed by atoms with Gasteiger partial charge >= 0.3 is 0 Å². The van der Waals surface area contributed by atoms with Gasteiger partial charge in [-0.05, 0) is 42.5 Å². The highest BCUT2D eigenvalue weighted by atomic mass is 35.5. The molecule has 142 valence electrons. The van der Waals surface area contributed by atoms with Crippen LogP contribution in [0.5, 0.6) is 11.5 Å². The van der Waals surface area contributed by atoms with E-state index in [2.05, 4.69) is 15.8 Å². The first kappa shape index (κ1) is 20.3. The van der Waals surface area contributed by atoms with E-state index in [0.717, 1.165) is 0 Å². The van der Waals surface area contributed by atoms with E-state index in [1.54, 1.807) is 49.6 Å². The van der Waals surface area contributed by atoms with E-state index in [4.69, 9.17) is 21.1 Å². The zero-order chi connectivity index (χ0) is 19.6. The van der Waals surface area contributed by atoms with Gasteiger partial charge in [0.2, 0.25) is 11.8 Å². The lowest BCUT2D eigenvalue weighted by atomic mass is 10.2. The van der Waals surface area contributed by atoms with Crippen molar-refractivity contribution < 1.29 is 19.1 Å². The number of nitrogens with one attached hydrogen (secondary N) is 2. The Hall–Kier alpha value is -3.06. The van der Waals surface area contributed by atoms with Gasteiger partial charge in [0.05, 0.1) is 20.4 Å². The van der Waals surface area contributed by atoms with E-state index in [1.165, 1.54) is 13.3 Å². The molecule has 0 bridgehead atoms. The van der Waals surface area contributed by atoms with Crippen molar-refractivity contribution in [3.8, 4) is 11.5 Å². The van der Waals surface area contributed by atoms with Crippen molar-refractivity contribution in [2.45, 2.75) is 12.8 Å². The molecule has 0 saturated heterocycles. The molecule has 2 amide bonds. The maximum absolute atomic E-state index is 11.9. The number of anilines is 1. The van der Waals surface area contributed by atoms with Crippen LogP contribution in [-0.4, -0.2) is 32.2 Å². The van der Waals surface area contributed by atoms with Gasteiger partial charge in [0.15, 0.2) is 0 Å². The van der Waals surface area contributed by atoms with Crippen LogP contribution in [0.1, 0.15) is 18.4 Å². The number of methoxy groups -OCH3 is 2. The van der Waals surface area contributed by atoms with Gasteiger partial charge in [0.1, 0.15) is 11.5 Å². The quantitative estimate of drug-likeness (QED) is 0.536. The number of benzene rings is 2. The molecule has 0 fully saturated rings. The molecule has 0 radical (unpaired) electrons. The van der Waals surface area contributed by atoms with Crippen LogP contribution in [0.15, 0.2) is 47.6 Å². The molecule has 0 aromatic heterocycles. The summed E-state index contributed by atoms with van der Waals surface area (Å²) in [6.07, 6.45) is 1.47. The van der Waals surface area contributed by atoms with Crippen molar-refractivity contribution in [2.24, 2.45) is 5.10 Å². The molecule has 0 spiro atoms. The van der Waals surface area contributed by atoms with Crippen LogP contribution in [0, 0.1) is 0 Å². The number of carbonyl (C=O) groups excluding carboxylic acids is 2. The summed E-state index contributed by atoms with van der Waals surface area (Å²) >= 11 is 5.93. The molecule has 27 heavy (non-hydrogen) atoms. The molecule has 0 aliphatic carbocycles. The van der Waals surface area contributed by atoms with Crippen LogP contribution in [0.4, 0.5) is 5.69 Å². The van der Waals surface area contributed by atoms with E-state index in [1.807, 2.05) is 0 Å². The van der Waals surface area contributed by atoms with Gasteiger partial charge in [-0.3, -0.25) is 9.59 Å². The van der Waals surface area contributed by atoms with Crippen LogP contribution < -0.4 is 20.2 Å². The standard InChI is InChI=1S/C19H20ClN3O4/c1-26-16-6-4-15(5-7-16)22-18(24)9-10-19(25)23-21-12-13-11-14(20)3-8-17(13)27-2/h3-8,11-12H,9-10H2,1-2H3,(H,22,24)(H,23,25). The molecule has 0 atom stereocenters. The summed E-state index contributed by atoms with van der Waals surface area (Å²) in [7, 11) is 3.09. The molecule has 0 aliphatic rings. The summed E-state index contributed by atoms with van der Waals surface area (Å²) in [5.41, 5.74) is 3.63. The maximum Gasteiger partial charge on any atom is 0.240 e. The summed E-state index contributed by atoms with van der Waals surface area (Å²) in [5, 5.41) is 7.10. The summed E-state index contributed by atoms with van der Waals surface area (Å²) in [6, 6.07) is 12.0. The highest BCUT2D eigenvalue weighted by Gasteiger charge is 2.07. The second-order valence-corrected chi connectivity index (χ2v) is 5.89. The zero-order valence-corrected chi connectivity index (χ0v) is 15.7. The fraction of sp³-hybridized carbons (Fsp3) is 0.211. The first-order valence-corrected chi connectivity index (χ1v) is 8.49. The Kier molecular flexibility index (Phi) is 7.63. The topological polar surface area (TPSA) is 89.0 Å². The van der Waals surface area contributed by atoms with Crippen molar-refractivity contribution >= 4 is 35.3 Å². The third-order valence-electron chi connectivity index (χ3n) is 3.54. The number of ether oxygens (including phenoxy) is 2. The van der Waals surface area contributed by atoms with Gasteiger partial charge in [-0.15, -0.1) is 0 Å². The van der Waals surface area contributed by atoms with Crippen LogP contribution >= 0.6 is 11.6 Å². The third-order valence-corrected chi connectivity index (χ3v) is 3.77. The van der Waals surface area contributed by atoms with Crippen molar-refractivity contribution in [3.63, 3.8) is 0 Å². The minimum absolute atomic E-state index is 0.00596. The minimum atomic E-state index is -0.378. The Bertz CT molecular complexity index is 822. The zero-order valence-electron chi connectivity index (χ0n) is 15.0. The number of hydrazone groups is 1. The van der Waals surface area contributed by atoms with Crippen LogP contribution in [0.3, 0.4) is 0 Å². The van der Waals surface area contributed by atoms with Crippen LogP contribution in [0.2, 0.25) is 5.02 Å². The fourth-order valence-corrected chi connectivity index (χ4v) is 2.34. The van der Waals surface area contributed by atoms with E-state index in [9.17, 15) is 9.59 Å². The number of nitrogens with zero attached hydrogens (tertiary/aromatic N) is 1. The van der Waals surface area contributed by atoms with E-state index in [-0.39, 0.29) is 24.7 Å². The SMILES string of the molecule is COc1ccc(NC(=O)CCC(=O)NN=Cc2cc(Cl)ccc2OC)cc1. The smallest absolute Gasteiger partial charge is 0.240 e. The Balaban J connectivity index is 1.78. The molecule has 0 saturated carbocycles. The fourth-order valence-electron chi connectivity index (χ4n) is 2.16. The molecular weight excluding hydrogens is 370 g/mol. The maximum atomic E-state index is 11.9. The largest absolute Gasteiger partial charge is 0.497 e. The normalized spacial score (nSPS) is 10.5. The summed E-state index contributed by atoms with van der Waals surface area (Å²) in [4.78, 5) is 23.7. The van der Waals surface area contributed by atoms with Gasteiger partial charge in [-0.2, -0.15) is 5.10 Å². The Morgan fingerprint density at radius 1 is 1.04 bits per heavy atom. The van der Waals surface area contributed by atoms with Crippen molar-refractivity contribution in [2.75, 3.05) is 19.5 Å². The molecule has 0 heterocycles. The summed E-state index contributed by atoms with van der Waals surface area (Å²) < 4.78 is 10.2. The lowest BCUT2D eigenvalue weighted by Crippen LogP contribution is -2.20. The summed E-state index contributed by atoms with van der Waals surface area (Å²) in [5.74, 6) is 0.630.